The van der Waals surface area contributed by atoms with Gasteiger partial charge in [0, 0.05) is 191 Å². The van der Waals surface area contributed by atoms with Gasteiger partial charge in [-0.15, -0.1) is 16.4 Å². The van der Waals surface area contributed by atoms with Crippen LogP contribution in [0.5, 0.6) is 0 Å². The minimum Gasteiger partial charge on any atom is -0.368 e. The van der Waals surface area contributed by atoms with Gasteiger partial charge in [0.25, 0.3) is 22.6 Å². The van der Waals surface area contributed by atoms with E-state index in [0.29, 0.717) is 110 Å². The van der Waals surface area contributed by atoms with Crippen molar-refractivity contribution in [1.82, 2.24) is 109 Å². The van der Waals surface area contributed by atoms with Gasteiger partial charge in [0.1, 0.15) is 66.1 Å². The molecule has 2 saturated heterocycles. The molecule has 0 radical (unpaired) electrons. The molecule has 14 aromatic rings. The summed E-state index contributed by atoms with van der Waals surface area (Å²) in [5, 5.41) is 35.4. The standard InChI is InChI=1S/C33H34F3N9O2S.C29H32N10O2S2.C27H29F3N8O4S/c1-3-21(4-2)25-17-22-19-41-32(42-23-5-6-28(26(18-23)33(34,35)36)44-15-13-38-14-16-44)43-29(22)45(31(25)46)20-27-30(40-12-11-39-27)48(47)24-7-9-37-10-8-24;1-4-38(5-2)24-16-21-17-32-28(33-22-8-6-19(7-9-22)20-10-12-30-13-11-20)34-25(21)39(26(24)40)18-23-27(37(3)36-35-23)43(41)29-31-14-15-42-29;1-36(2)24(39)20-10-18-12-32-26(33-19-6-4-16(5-7-19)17-8-9-31-11-17)34-23(18)38(25(20)40)13-21-22(14-37(3)35-21)43(41,42)15-27(28,29)30/h5-12,17-19,21,38H,3-4,13-16,20H2,1-2H3,(H,41,42,43);6-10,14-17,30H,4-5,11-13,18H2,1-3H3,(H,32,33,34);4-7,10,12,14,17,31H,8-9,11,13,15H2,1-3H3,(H,32,33,34). The molecule has 0 saturated carbocycles. The number of pyridine rings is 4. The summed E-state index contributed by atoms with van der Waals surface area (Å²) in [6, 6.07) is 28.2. The van der Waals surface area contributed by atoms with E-state index in [9.17, 15) is 62.4 Å². The number of thiazole rings is 1. The number of nitrogens with zero attached hydrogens (tertiary/aromatic N) is 21. The lowest BCUT2D eigenvalue weighted by molar-refractivity contribution is -0.137. The van der Waals surface area contributed by atoms with Gasteiger partial charge in [-0.1, -0.05) is 49.4 Å². The third-order valence-electron chi connectivity index (χ3n) is 22.8. The van der Waals surface area contributed by atoms with Crippen LogP contribution in [-0.2, 0) is 71.3 Å². The van der Waals surface area contributed by atoms with Crippen LogP contribution in [0.15, 0.2) is 203 Å². The molecule has 14 heterocycles. The zero-order valence-corrected chi connectivity index (χ0v) is 77.3. The van der Waals surface area contributed by atoms with Gasteiger partial charge in [0.15, 0.2) is 30.0 Å². The number of anilines is 8. The number of alkyl halides is 6. The Kier molecular flexibility index (Phi) is 29.5. The Balaban J connectivity index is 0.000000154. The topological polar surface area (TPSA) is 411 Å². The van der Waals surface area contributed by atoms with Crippen LogP contribution < -0.4 is 58.4 Å². The Labute approximate surface area is 773 Å². The number of fused-ring (bicyclic) bond motifs is 3. The summed E-state index contributed by atoms with van der Waals surface area (Å²) in [6.07, 6.45) is 9.31. The average Bonchev–Trinajstić information content (AvgIpc) is 1.20. The number of hydrogen-bond acceptors (Lipinski definition) is 30. The van der Waals surface area contributed by atoms with E-state index >= 15 is 0 Å². The highest BCUT2D eigenvalue weighted by molar-refractivity contribution is 7.91. The number of hydrogen-bond donors (Lipinski definition) is 6. The maximum absolute atomic E-state index is 14.2. The van der Waals surface area contributed by atoms with Gasteiger partial charge in [-0.25, -0.2) is 46.4 Å². The minimum atomic E-state index is -4.99. The molecule has 700 valence electrons. The van der Waals surface area contributed by atoms with Crippen LogP contribution in [0.1, 0.15) is 115 Å². The van der Waals surface area contributed by atoms with E-state index in [1.165, 1.54) is 106 Å². The van der Waals surface area contributed by atoms with Crippen molar-refractivity contribution in [2.24, 2.45) is 14.1 Å². The first kappa shape index (κ1) is 95.3. The number of sulfone groups is 1. The van der Waals surface area contributed by atoms with Crippen LogP contribution in [0.25, 0.3) is 38.7 Å². The first-order chi connectivity index (χ1) is 64.3. The summed E-state index contributed by atoms with van der Waals surface area (Å²) in [6.45, 7) is 14.5. The summed E-state index contributed by atoms with van der Waals surface area (Å²) in [5.41, 5.74) is 5.34. The number of carbonyl (C=O) groups excluding carboxylic acids is 1. The van der Waals surface area contributed by atoms with Crippen LogP contribution in [0.4, 0.5) is 72.6 Å². The van der Waals surface area contributed by atoms with E-state index in [2.05, 4.69) is 110 Å². The summed E-state index contributed by atoms with van der Waals surface area (Å²) in [7, 11) is -2.24. The fourth-order valence-corrected chi connectivity index (χ4v) is 20.5. The maximum Gasteiger partial charge on any atom is 0.418 e. The SMILES string of the molecule is CCC(CC)c1cc2cnc(Nc3ccc(N4CCNCC4)c(C(F)(F)F)c3)nc2n(Cc2nccnc2S(=O)c2ccncc2)c1=O.CCN(CC)c1cc2cnc(Nc3ccc(C4=CCNCC4)cc3)nc2n(Cc2nnn(C)c2S(=O)c2nccs2)c1=O.CN(C)C(=O)c1cc2cnc(Nc3ccc(C4CCNC4)cc3)nc2n(Cc2nn(C)cc2S(=O)(=O)CC(F)(F)F)c1=O. The molecule has 35 nitrogen and oxygen atoms in total. The van der Waals surface area contributed by atoms with Crippen LogP contribution >= 0.6 is 11.3 Å². The van der Waals surface area contributed by atoms with Crippen molar-refractivity contribution >= 4 is 134 Å². The number of nitrogens with one attached hydrogen (secondary N) is 6. The molecule has 11 aromatic heterocycles. The number of rotatable bonds is 28. The quantitative estimate of drug-likeness (QED) is 0.0248. The van der Waals surface area contributed by atoms with Gasteiger partial charge in [-0.2, -0.15) is 46.4 Å². The van der Waals surface area contributed by atoms with Gasteiger partial charge < -0.3 is 46.6 Å². The summed E-state index contributed by atoms with van der Waals surface area (Å²) in [4.78, 5) is 103. The molecule has 3 aliphatic heterocycles. The van der Waals surface area contributed by atoms with Crippen molar-refractivity contribution in [3.63, 3.8) is 0 Å². The number of aryl methyl sites for hydroxylation is 2. The summed E-state index contributed by atoms with van der Waals surface area (Å²) < 4.78 is 141. The van der Waals surface area contributed by atoms with Crippen molar-refractivity contribution in [3.8, 4) is 0 Å². The molecule has 0 bridgehead atoms. The van der Waals surface area contributed by atoms with E-state index in [-0.39, 0.29) is 86.4 Å². The number of aromatic nitrogens is 18. The van der Waals surface area contributed by atoms with Crippen molar-refractivity contribution in [3.05, 3.63) is 240 Å². The number of carbonyl (C=O) groups is 1. The lowest BCUT2D eigenvalue weighted by Crippen LogP contribution is -2.44. The Morgan fingerprint density at radius 3 is 1.82 bits per heavy atom. The van der Waals surface area contributed by atoms with Crippen molar-refractivity contribution < 1.29 is 48.0 Å². The smallest absolute Gasteiger partial charge is 0.368 e. The van der Waals surface area contributed by atoms with E-state index in [1.807, 2.05) is 75.1 Å². The lowest BCUT2D eigenvalue weighted by atomic mass is 9.94. The van der Waals surface area contributed by atoms with Gasteiger partial charge >= 0.3 is 12.4 Å². The Morgan fingerprint density at radius 1 is 0.634 bits per heavy atom. The lowest BCUT2D eigenvalue weighted by Gasteiger charge is -2.31. The Hall–Kier alpha value is -13.3. The molecule has 3 atom stereocenters. The highest BCUT2D eigenvalue weighted by Crippen LogP contribution is 2.40. The van der Waals surface area contributed by atoms with E-state index in [4.69, 9.17) is 4.98 Å². The summed E-state index contributed by atoms with van der Waals surface area (Å²) >= 11 is 1.29. The molecule has 0 spiro atoms. The predicted molar refractivity (Wildman–Crippen MR) is 499 cm³/mol. The van der Waals surface area contributed by atoms with Crippen molar-refractivity contribution in [2.75, 3.05) is 111 Å². The Morgan fingerprint density at radius 2 is 1.23 bits per heavy atom. The van der Waals surface area contributed by atoms with Crippen molar-refractivity contribution in [1.29, 1.82) is 0 Å². The normalized spacial score (nSPS) is 14.7. The predicted octanol–water partition coefficient (Wildman–Crippen LogP) is 11.3. The molecule has 3 aliphatic rings. The zero-order chi connectivity index (χ0) is 94.9. The van der Waals surface area contributed by atoms with Gasteiger partial charge in [-0.3, -0.25) is 47.5 Å². The fourth-order valence-electron chi connectivity index (χ4n) is 16.1. The molecular formula is C89H95F6N27O8S4. The molecule has 3 aromatic carbocycles. The largest absolute Gasteiger partial charge is 0.418 e. The third kappa shape index (κ3) is 21.8. The second-order valence-corrected chi connectivity index (χ2v) is 37.7. The number of amides is 1. The second-order valence-electron chi connectivity index (χ2n) is 31.9. The van der Waals surface area contributed by atoms with Crippen molar-refractivity contribution in [2.45, 2.75) is 121 Å². The average molecular weight is 1910 g/mol. The van der Waals surface area contributed by atoms with Gasteiger partial charge in [-0.05, 0) is 154 Å². The minimum absolute atomic E-state index is 0.00807. The van der Waals surface area contributed by atoms with E-state index < -0.39 is 78.0 Å². The van der Waals surface area contributed by atoms with Gasteiger partial charge in [0.05, 0.1) is 30.9 Å². The number of piperazine rings is 1. The highest BCUT2D eigenvalue weighted by atomic mass is 32.2. The molecule has 1 amide bonds. The Bertz CT molecular complexity index is 7020. The monoisotopic (exact) mass is 1910 g/mol. The van der Waals surface area contributed by atoms with E-state index in [1.54, 1.807) is 64.8 Å². The van der Waals surface area contributed by atoms with Crippen LogP contribution in [0, 0.1) is 0 Å². The molecule has 6 N–H and O–H groups in total. The second kappa shape index (κ2) is 41.4. The first-order valence-electron chi connectivity index (χ1n) is 43.0. The number of benzene rings is 3. The molecular weight excluding hydrogens is 1820 g/mol. The molecule has 3 unspecified atom stereocenters. The highest BCUT2D eigenvalue weighted by Gasteiger charge is 2.40. The van der Waals surface area contributed by atoms with Crippen LogP contribution in [-0.4, -0.2) is 207 Å². The zero-order valence-electron chi connectivity index (χ0n) is 74.0. The molecule has 0 aliphatic carbocycles. The number of halogens is 6. The van der Waals surface area contributed by atoms with Crippen LogP contribution in [0.3, 0.4) is 0 Å². The fraction of sp³-hybridized carbons (Fsp3) is 0.337. The molecule has 17 rings (SSSR count). The molecule has 2 fully saturated rings. The van der Waals surface area contributed by atoms with E-state index in [0.717, 1.165) is 79.1 Å². The van der Waals surface area contributed by atoms with Gasteiger partial charge in [0.2, 0.25) is 17.8 Å². The van der Waals surface area contributed by atoms with Crippen LogP contribution in [0.2, 0.25) is 0 Å². The summed E-state index contributed by atoms with van der Waals surface area (Å²) in [5.74, 6) is -1.87. The molecule has 134 heavy (non-hydrogen) atoms. The maximum atomic E-state index is 14.2. The molecule has 45 heteroatoms. The first-order valence-corrected chi connectivity index (χ1v) is 47.8. The third-order valence-corrected chi connectivity index (χ3v) is 28.5.